The largest absolute Gasteiger partial charge is 0.476 e. The van der Waals surface area contributed by atoms with Crippen LogP contribution in [0, 0.1) is 5.92 Å². The molecule has 8 heteroatoms. The maximum atomic E-state index is 12.4. The second-order valence-corrected chi connectivity index (χ2v) is 5.81. The van der Waals surface area contributed by atoms with E-state index < -0.39 is 18.1 Å². The average molecular weight is 330 g/mol. The Kier molecular flexibility index (Phi) is 4.45. The lowest BCUT2D eigenvalue weighted by atomic mass is 9.99. The van der Waals surface area contributed by atoms with Crippen molar-refractivity contribution in [1.29, 1.82) is 0 Å². The van der Waals surface area contributed by atoms with Crippen molar-refractivity contribution in [2.24, 2.45) is 5.92 Å². The van der Waals surface area contributed by atoms with Crippen LogP contribution < -0.4 is 0 Å². The number of aromatic nitrogens is 3. The van der Waals surface area contributed by atoms with Gasteiger partial charge in [-0.1, -0.05) is 37.3 Å². The van der Waals surface area contributed by atoms with Gasteiger partial charge in [0.2, 0.25) is 0 Å². The Labute approximate surface area is 138 Å². The van der Waals surface area contributed by atoms with E-state index in [9.17, 15) is 14.7 Å². The van der Waals surface area contributed by atoms with Crippen molar-refractivity contribution < 1.29 is 19.4 Å². The summed E-state index contributed by atoms with van der Waals surface area (Å²) >= 11 is 0. The first-order chi connectivity index (χ1) is 11.6. The van der Waals surface area contributed by atoms with Gasteiger partial charge in [-0.3, -0.25) is 4.90 Å². The third-order valence-corrected chi connectivity index (χ3v) is 4.20. The van der Waals surface area contributed by atoms with Gasteiger partial charge in [-0.2, -0.15) is 10.3 Å². The first-order valence-corrected chi connectivity index (χ1v) is 7.69. The van der Waals surface area contributed by atoms with E-state index in [-0.39, 0.29) is 23.9 Å². The molecule has 2 aromatic rings. The Balaban J connectivity index is 1.75. The summed E-state index contributed by atoms with van der Waals surface area (Å²) in [6.07, 6.45) is 0.268. The van der Waals surface area contributed by atoms with Crippen LogP contribution in [0.4, 0.5) is 4.79 Å². The Morgan fingerprint density at radius 2 is 2.08 bits per heavy atom. The molecule has 2 heterocycles. The molecule has 1 aromatic heterocycles. The van der Waals surface area contributed by atoms with Crippen LogP contribution in [0.25, 0.3) is 0 Å². The van der Waals surface area contributed by atoms with Crippen molar-refractivity contribution in [3.63, 3.8) is 0 Å². The van der Waals surface area contributed by atoms with Crippen molar-refractivity contribution in [2.75, 3.05) is 6.54 Å². The average Bonchev–Trinajstić information content (AvgIpc) is 3.19. The normalized spacial score (nSPS) is 20.1. The van der Waals surface area contributed by atoms with Crippen LogP contribution in [-0.2, 0) is 11.3 Å². The van der Waals surface area contributed by atoms with Gasteiger partial charge in [0, 0.05) is 6.54 Å². The third-order valence-electron chi connectivity index (χ3n) is 4.20. The second kappa shape index (κ2) is 6.69. The molecule has 0 radical (unpaired) electrons. The number of H-pyrrole nitrogens is 1. The predicted octanol–water partition coefficient (Wildman–Crippen LogP) is 2.22. The van der Waals surface area contributed by atoms with Gasteiger partial charge in [0.15, 0.2) is 5.69 Å². The number of hydrogen-bond acceptors (Lipinski definition) is 5. The Morgan fingerprint density at radius 1 is 1.33 bits per heavy atom. The third kappa shape index (κ3) is 3.08. The van der Waals surface area contributed by atoms with E-state index in [1.807, 2.05) is 37.3 Å². The minimum absolute atomic E-state index is 0.0671. The highest BCUT2D eigenvalue weighted by Gasteiger charge is 2.40. The van der Waals surface area contributed by atoms with Crippen molar-refractivity contribution in [2.45, 2.75) is 26.0 Å². The maximum Gasteiger partial charge on any atom is 0.410 e. The van der Waals surface area contributed by atoms with E-state index in [0.29, 0.717) is 6.54 Å². The number of nitrogens with zero attached hydrogens (tertiary/aromatic N) is 3. The summed E-state index contributed by atoms with van der Waals surface area (Å²) in [5.74, 6) is -1.10. The molecule has 2 N–H and O–H groups in total. The van der Waals surface area contributed by atoms with Crippen molar-refractivity contribution >= 4 is 12.1 Å². The minimum atomic E-state index is -1.17. The molecule has 1 aromatic carbocycles. The van der Waals surface area contributed by atoms with Gasteiger partial charge < -0.3 is 9.84 Å². The van der Waals surface area contributed by atoms with Crippen LogP contribution >= 0.6 is 0 Å². The number of benzene rings is 1. The molecule has 0 spiro atoms. The summed E-state index contributed by atoms with van der Waals surface area (Å²) in [4.78, 5) is 25.3. The van der Waals surface area contributed by atoms with Crippen LogP contribution in [0.2, 0.25) is 0 Å². The first kappa shape index (κ1) is 16.0. The number of rotatable bonds is 4. The molecule has 2 unspecified atom stereocenters. The Morgan fingerprint density at radius 3 is 2.79 bits per heavy atom. The van der Waals surface area contributed by atoms with Crippen LogP contribution in [0.15, 0.2) is 30.3 Å². The quantitative estimate of drug-likeness (QED) is 0.890. The molecule has 126 valence electrons. The van der Waals surface area contributed by atoms with E-state index in [4.69, 9.17) is 4.74 Å². The lowest BCUT2D eigenvalue weighted by molar-refractivity contribution is 0.0678. The molecule has 1 aliphatic rings. The number of likely N-dealkylation sites (tertiary alicyclic amines) is 1. The van der Waals surface area contributed by atoms with Crippen molar-refractivity contribution in [3.05, 3.63) is 47.3 Å². The number of amides is 1. The minimum Gasteiger partial charge on any atom is -0.476 e. The van der Waals surface area contributed by atoms with Gasteiger partial charge in [-0.05, 0) is 17.9 Å². The molecule has 3 rings (SSSR count). The summed E-state index contributed by atoms with van der Waals surface area (Å²) in [6.45, 7) is 2.61. The molecule has 1 amide bonds. The molecule has 1 fully saturated rings. The zero-order chi connectivity index (χ0) is 17.1. The second-order valence-electron chi connectivity index (χ2n) is 5.81. The first-order valence-electron chi connectivity index (χ1n) is 7.69. The van der Waals surface area contributed by atoms with Crippen LogP contribution in [0.3, 0.4) is 0 Å². The number of aromatic carboxylic acids is 1. The Hall–Kier alpha value is -2.90. The summed E-state index contributed by atoms with van der Waals surface area (Å²) in [5, 5.41) is 19.2. The van der Waals surface area contributed by atoms with Gasteiger partial charge in [-0.15, -0.1) is 5.10 Å². The van der Waals surface area contributed by atoms with Gasteiger partial charge in [0.25, 0.3) is 0 Å². The lowest BCUT2D eigenvalue weighted by Crippen LogP contribution is -2.33. The number of carbonyl (C=O) groups is 2. The molecule has 1 saturated heterocycles. The van der Waals surface area contributed by atoms with Gasteiger partial charge in [0.1, 0.15) is 12.3 Å². The summed E-state index contributed by atoms with van der Waals surface area (Å²) in [5.41, 5.74) is 1.00. The molecular formula is C16H18N4O4. The highest BCUT2D eigenvalue weighted by Crippen LogP contribution is 2.37. The molecule has 1 aliphatic heterocycles. The number of carboxylic acid groups (broad SMARTS) is 1. The number of carboxylic acids is 1. The van der Waals surface area contributed by atoms with E-state index in [1.165, 1.54) is 4.90 Å². The number of aromatic amines is 1. The number of carbonyl (C=O) groups excluding carboxylic acids is 1. The van der Waals surface area contributed by atoms with Gasteiger partial charge >= 0.3 is 12.1 Å². The molecule has 2 atom stereocenters. The fourth-order valence-electron chi connectivity index (χ4n) is 2.97. The topological polar surface area (TPSA) is 108 Å². The smallest absolute Gasteiger partial charge is 0.410 e. The SMILES string of the molecule is CC1CCN(C(=O)OCc2ccccc2)C1c1n[nH]nc1C(=O)O. The summed E-state index contributed by atoms with van der Waals surface area (Å²) in [6, 6.07) is 8.92. The van der Waals surface area contributed by atoms with Crippen LogP contribution in [0.5, 0.6) is 0 Å². The zero-order valence-corrected chi connectivity index (χ0v) is 13.2. The summed E-state index contributed by atoms with van der Waals surface area (Å²) in [7, 11) is 0. The molecule has 8 nitrogen and oxygen atoms in total. The fraction of sp³-hybridized carbons (Fsp3) is 0.375. The van der Waals surface area contributed by atoms with Crippen LogP contribution in [0.1, 0.15) is 41.1 Å². The number of nitrogens with one attached hydrogen (secondary N) is 1. The van der Waals surface area contributed by atoms with Crippen molar-refractivity contribution in [1.82, 2.24) is 20.3 Å². The van der Waals surface area contributed by atoms with Gasteiger partial charge in [-0.25, -0.2) is 9.59 Å². The standard InChI is InChI=1S/C16H18N4O4/c1-10-7-8-20(14(10)12-13(15(21)22)18-19-17-12)16(23)24-9-11-5-3-2-4-6-11/h2-6,10,14H,7-9H2,1H3,(H,21,22)(H,17,18,19). The van der Waals surface area contributed by atoms with Crippen molar-refractivity contribution in [3.8, 4) is 0 Å². The fourth-order valence-corrected chi connectivity index (χ4v) is 2.97. The number of ether oxygens (including phenoxy) is 1. The molecule has 0 bridgehead atoms. The van der Waals surface area contributed by atoms with E-state index in [1.54, 1.807) is 0 Å². The molecular weight excluding hydrogens is 312 g/mol. The molecule has 0 aliphatic carbocycles. The number of hydrogen-bond donors (Lipinski definition) is 2. The molecule has 0 saturated carbocycles. The zero-order valence-electron chi connectivity index (χ0n) is 13.2. The predicted molar refractivity (Wildman–Crippen MR) is 83.2 cm³/mol. The monoisotopic (exact) mass is 330 g/mol. The van der Waals surface area contributed by atoms with E-state index >= 15 is 0 Å². The van der Waals surface area contributed by atoms with E-state index in [0.717, 1.165) is 12.0 Å². The Bertz CT molecular complexity index is 731. The summed E-state index contributed by atoms with van der Waals surface area (Å²) < 4.78 is 5.37. The van der Waals surface area contributed by atoms with Crippen LogP contribution in [-0.4, -0.2) is 44.0 Å². The van der Waals surface area contributed by atoms with E-state index in [2.05, 4.69) is 15.4 Å². The maximum absolute atomic E-state index is 12.4. The lowest BCUT2D eigenvalue weighted by Gasteiger charge is -2.25. The molecule has 24 heavy (non-hydrogen) atoms. The van der Waals surface area contributed by atoms with Gasteiger partial charge in [0.05, 0.1) is 6.04 Å². The highest BCUT2D eigenvalue weighted by molar-refractivity contribution is 5.86. The highest BCUT2D eigenvalue weighted by atomic mass is 16.6.